The van der Waals surface area contributed by atoms with Gasteiger partial charge in [-0.2, -0.15) is 4.98 Å². The second-order valence-corrected chi connectivity index (χ2v) is 7.80. The summed E-state index contributed by atoms with van der Waals surface area (Å²) in [5.41, 5.74) is 3.86. The zero-order valence-electron chi connectivity index (χ0n) is 18.1. The Labute approximate surface area is 183 Å². The summed E-state index contributed by atoms with van der Waals surface area (Å²) < 4.78 is 11.5. The van der Waals surface area contributed by atoms with E-state index in [0.29, 0.717) is 16.9 Å². The molecule has 0 aliphatic heterocycles. The van der Waals surface area contributed by atoms with E-state index in [1.165, 1.54) is 9.13 Å². The largest absolute Gasteiger partial charge is 0.383 e. The van der Waals surface area contributed by atoms with Gasteiger partial charge < -0.3 is 4.74 Å². The highest BCUT2D eigenvalue weighted by molar-refractivity contribution is 5.79. The van der Waals surface area contributed by atoms with Crippen LogP contribution in [-0.2, 0) is 18.3 Å². The molecule has 0 N–H and O–H groups in total. The number of benzene rings is 2. The average Bonchev–Trinajstić information content (AvgIpc) is 3.34. The standard InChI is InChI=1S/C24H23N5O3/c1-16-8-7-11-18(14-16)29-19(17-9-5-4-6-10-17)15-28-20-21(25-23(28)29)26(2)24(31)27(22(20)30)12-13-32-3/h4-11,14-15H,12-13H2,1-3H3. The summed E-state index contributed by atoms with van der Waals surface area (Å²) >= 11 is 0. The summed E-state index contributed by atoms with van der Waals surface area (Å²) in [5, 5.41) is 0. The van der Waals surface area contributed by atoms with Crippen molar-refractivity contribution in [1.82, 2.24) is 23.1 Å². The van der Waals surface area contributed by atoms with Crippen LogP contribution in [0.25, 0.3) is 33.9 Å². The fourth-order valence-electron chi connectivity index (χ4n) is 4.11. The van der Waals surface area contributed by atoms with Crippen LogP contribution < -0.4 is 11.2 Å². The third-order valence-corrected chi connectivity index (χ3v) is 5.70. The summed E-state index contributed by atoms with van der Waals surface area (Å²) in [6.45, 7) is 2.48. The molecule has 3 heterocycles. The fraction of sp³-hybridized carbons (Fsp3) is 0.208. The summed E-state index contributed by atoms with van der Waals surface area (Å²) in [4.78, 5) is 30.9. The van der Waals surface area contributed by atoms with Crippen LogP contribution in [0.5, 0.6) is 0 Å². The van der Waals surface area contributed by atoms with E-state index < -0.39 is 5.69 Å². The van der Waals surface area contributed by atoms with Crippen LogP contribution >= 0.6 is 0 Å². The van der Waals surface area contributed by atoms with Crippen molar-refractivity contribution in [1.29, 1.82) is 0 Å². The fourth-order valence-corrected chi connectivity index (χ4v) is 4.11. The second-order valence-electron chi connectivity index (χ2n) is 7.80. The average molecular weight is 429 g/mol. The van der Waals surface area contributed by atoms with Gasteiger partial charge >= 0.3 is 5.69 Å². The maximum Gasteiger partial charge on any atom is 0.332 e. The van der Waals surface area contributed by atoms with Gasteiger partial charge in [0, 0.05) is 31.6 Å². The Hall–Kier alpha value is -3.91. The van der Waals surface area contributed by atoms with Crippen LogP contribution in [0.2, 0.25) is 0 Å². The summed E-state index contributed by atoms with van der Waals surface area (Å²) in [6.07, 6.45) is 1.91. The molecule has 0 spiro atoms. The number of aromatic nitrogens is 5. The highest BCUT2D eigenvalue weighted by Gasteiger charge is 2.22. The third-order valence-electron chi connectivity index (χ3n) is 5.70. The van der Waals surface area contributed by atoms with E-state index in [1.807, 2.05) is 66.2 Å². The van der Waals surface area contributed by atoms with Crippen molar-refractivity contribution in [2.24, 2.45) is 7.05 Å². The molecule has 0 amide bonds. The lowest BCUT2D eigenvalue weighted by Crippen LogP contribution is -2.40. The number of rotatable bonds is 5. The highest BCUT2D eigenvalue weighted by Crippen LogP contribution is 2.29. The van der Waals surface area contributed by atoms with Gasteiger partial charge in [-0.1, -0.05) is 42.5 Å². The molecule has 0 aliphatic rings. The number of hydrogen-bond acceptors (Lipinski definition) is 4. The van der Waals surface area contributed by atoms with Crippen LogP contribution in [0.15, 0.2) is 70.4 Å². The molecule has 2 aromatic carbocycles. The Morgan fingerprint density at radius 3 is 2.53 bits per heavy atom. The van der Waals surface area contributed by atoms with E-state index in [-0.39, 0.29) is 18.7 Å². The molecule has 0 unspecified atom stereocenters. The van der Waals surface area contributed by atoms with Gasteiger partial charge in [-0.25, -0.2) is 4.79 Å². The minimum atomic E-state index is -0.411. The second kappa shape index (κ2) is 7.65. The third kappa shape index (κ3) is 2.99. The van der Waals surface area contributed by atoms with Crippen molar-refractivity contribution >= 4 is 16.9 Å². The molecule has 0 bridgehead atoms. The number of imidazole rings is 2. The monoisotopic (exact) mass is 429 g/mol. The first-order chi connectivity index (χ1) is 15.5. The van der Waals surface area contributed by atoms with E-state index in [0.717, 1.165) is 22.5 Å². The molecule has 8 heteroatoms. The molecule has 0 radical (unpaired) electrons. The summed E-state index contributed by atoms with van der Waals surface area (Å²) in [7, 11) is 3.17. The Morgan fingerprint density at radius 1 is 1.03 bits per heavy atom. The van der Waals surface area contributed by atoms with Crippen LogP contribution in [0.1, 0.15) is 5.56 Å². The Bertz CT molecular complexity index is 1570. The molecule has 0 aliphatic carbocycles. The minimum absolute atomic E-state index is 0.176. The molecule has 0 saturated carbocycles. The van der Waals surface area contributed by atoms with Gasteiger partial charge in [0.1, 0.15) is 0 Å². The van der Waals surface area contributed by atoms with E-state index >= 15 is 0 Å². The minimum Gasteiger partial charge on any atom is -0.383 e. The first-order valence-electron chi connectivity index (χ1n) is 10.4. The molecule has 32 heavy (non-hydrogen) atoms. The Kier molecular flexibility index (Phi) is 4.79. The van der Waals surface area contributed by atoms with Gasteiger partial charge in [0.05, 0.1) is 18.8 Å². The maximum absolute atomic E-state index is 13.4. The van der Waals surface area contributed by atoms with Gasteiger partial charge in [0.2, 0.25) is 5.78 Å². The van der Waals surface area contributed by atoms with E-state index in [2.05, 4.69) is 6.07 Å². The van der Waals surface area contributed by atoms with E-state index in [4.69, 9.17) is 9.72 Å². The highest BCUT2D eigenvalue weighted by atomic mass is 16.5. The van der Waals surface area contributed by atoms with Crippen molar-refractivity contribution < 1.29 is 4.74 Å². The molecule has 0 fully saturated rings. The van der Waals surface area contributed by atoms with Crippen molar-refractivity contribution in [2.45, 2.75) is 13.5 Å². The molecule has 8 nitrogen and oxygen atoms in total. The molecule has 162 valence electrons. The number of nitrogens with zero attached hydrogens (tertiary/aromatic N) is 5. The Morgan fingerprint density at radius 2 is 1.81 bits per heavy atom. The molecule has 0 atom stereocenters. The van der Waals surface area contributed by atoms with Crippen LogP contribution in [0.4, 0.5) is 0 Å². The van der Waals surface area contributed by atoms with Gasteiger partial charge in [-0.05, 0) is 24.6 Å². The predicted octanol–water partition coefficient (Wildman–Crippen LogP) is 2.76. The molecule has 5 aromatic rings. The summed E-state index contributed by atoms with van der Waals surface area (Å²) in [6, 6.07) is 18.1. The lowest BCUT2D eigenvalue weighted by molar-refractivity contribution is 0.184. The number of fused-ring (bicyclic) bond motifs is 3. The first-order valence-corrected chi connectivity index (χ1v) is 10.4. The lowest BCUT2D eigenvalue weighted by Gasteiger charge is -2.10. The zero-order valence-corrected chi connectivity index (χ0v) is 18.1. The normalized spacial score (nSPS) is 11.6. The van der Waals surface area contributed by atoms with Crippen LogP contribution in [0.3, 0.4) is 0 Å². The SMILES string of the molecule is COCCn1c(=O)c2c(nc3n(-c4cccc(C)c4)c(-c4ccccc4)cn23)n(C)c1=O. The zero-order chi connectivity index (χ0) is 22.4. The molecular weight excluding hydrogens is 406 g/mol. The quantitative estimate of drug-likeness (QED) is 0.431. The van der Waals surface area contributed by atoms with Crippen LogP contribution in [-0.4, -0.2) is 36.8 Å². The first kappa shape index (κ1) is 20.0. The van der Waals surface area contributed by atoms with Crippen molar-refractivity contribution in [3.8, 4) is 16.9 Å². The van der Waals surface area contributed by atoms with Gasteiger partial charge in [-0.3, -0.25) is 22.9 Å². The van der Waals surface area contributed by atoms with E-state index in [1.54, 1.807) is 18.6 Å². The van der Waals surface area contributed by atoms with Gasteiger partial charge in [-0.15, -0.1) is 0 Å². The van der Waals surface area contributed by atoms with Crippen molar-refractivity contribution in [3.63, 3.8) is 0 Å². The smallest absolute Gasteiger partial charge is 0.332 e. The number of aryl methyl sites for hydroxylation is 2. The number of methoxy groups -OCH3 is 1. The molecule has 3 aromatic heterocycles. The Balaban J connectivity index is 1.91. The van der Waals surface area contributed by atoms with Crippen molar-refractivity contribution in [3.05, 3.63) is 87.2 Å². The predicted molar refractivity (Wildman–Crippen MR) is 124 cm³/mol. The van der Waals surface area contributed by atoms with Gasteiger partial charge in [0.15, 0.2) is 11.2 Å². The molecule has 0 saturated heterocycles. The molecular formula is C24H23N5O3. The van der Waals surface area contributed by atoms with Gasteiger partial charge in [0.25, 0.3) is 5.56 Å². The van der Waals surface area contributed by atoms with E-state index in [9.17, 15) is 9.59 Å². The van der Waals surface area contributed by atoms with Crippen LogP contribution in [0, 0.1) is 6.92 Å². The molecule has 5 rings (SSSR count). The number of ether oxygens (including phenoxy) is 1. The van der Waals surface area contributed by atoms with Crippen molar-refractivity contribution in [2.75, 3.05) is 13.7 Å². The summed E-state index contributed by atoms with van der Waals surface area (Å²) in [5.74, 6) is 0.570. The number of hydrogen-bond donors (Lipinski definition) is 0. The topological polar surface area (TPSA) is 75.5 Å². The lowest BCUT2D eigenvalue weighted by atomic mass is 10.1. The maximum atomic E-state index is 13.4.